The molecule has 1 aromatic heterocycles. The fraction of sp³-hybridized carbons (Fsp3) is 0.500. The minimum atomic E-state index is -1.19. The molecule has 2 amide bonds. The number of hydrogen-bond acceptors (Lipinski definition) is 4. The van der Waals surface area contributed by atoms with Crippen LogP contribution in [0.4, 0.5) is 14.6 Å². The fourth-order valence-electron chi connectivity index (χ4n) is 3.78. The van der Waals surface area contributed by atoms with Crippen LogP contribution in [0.15, 0.2) is 18.2 Å². The Hall–Kier alpha value is -2.52. The number of ether oxygens (including phenoxy) is 1. The Labute approximate surface area is 190 Å². The van der Waals surface area contributed by atoms with Crippen molar-refractivity contribution in [2.45, 2.75) is 51.5 Å². The van der Waals surface area contributed by atoms with E-state index in [1.54, 1.807) is 4.90 Å². The molecule has 0 saturated heterocycles. The molecule has 0 radical (unpaired) electrons. The third-order valence-corrected chi connectivity index (χ3v) is 5.71. The second-order valence-corrected chi connectivity index (χ2v) is 8.18. The zero-order valence-corrected chi connectivity index (χ0v) is 18.7. The molecular formula is C22H27ClF2N4O3. The van der Waals surface area contributed by atoms with E-state index in [1.807, 2.05) is 6.92 Å². The van der Waals surface area contributed by atoms with Gasteiger partial charge in [0.05, 0.1) is 17.2 Å². The summed E-state index contributed by atoms with van der Waals surface area (Å²) in [5, 5.41) is 8.88. The average molecular weight is 469 g/mol. The first-order valence-electron chi connectivity index (χ1n) is 10.8. The van der Waals surface area contributed by atoms with Gasteiger partial charge in [-0.2, -0.15) is 5.10 Å². The molecule has 0 aliphatic heterocycles. The van der Waals surface area contributed by atoms with Gasteiger partial charge in [-0.15, -0.1) is 0 Å². The Morgan fingerprint density at radius 2 is 1.91 bits per heavy atom. The van der Waals surface area contributed by atoms with Crippen molar-refractivity contribution in [3.05, 3.63) is 46.1 Å². The first-order valence-corrected chi connectivity index (χ1v) is 11.2. The quantitative estimate of drug-likeness (QED) is 0.409. The average Bonchev–Trinajstić information content (AvgIpc) is 3.25. The minimum absolute atomic E-state index is 0.122. The van der Waals surface area contributed by atoms with Crippen LogP contribution >= 0.6 is 11.6 Å². The van der Waals surface area contributed by atoms with Crippen LogP contribution in [0.5, 0.6) is 0 Å². The highest BCUT2D eigenvalue weighted by Crippen LogP contribution is 2.25. The standard InChI is InChI=1S/C22H27ClF2N4O3/c1-2-9-32-10-8-29(14-6-4-3-5-7-14)22(31)19-13-20(28-27-19)26-21(30)15-11-17(24)18(25)12-16(15)23/h11-14H,2-10H2,1H3,(H2,26,27,28,30). The van der Waals surface area contributed by atoms with E-state index in [-0.39, 0.29) is 34.0 Å². The highest BCUT2D eigenvalue weighted by atomic mass is 35.5. The van der Waals surface area contributed by atoms with Crippen molar-refractivity contribution in [1.82, 2.24) is 15.1 Å². The molecule has 1 aliphatic carbocycles. The van der Waals surface area contributed by atoms with Crippen LogP contribution in [0.25, 0.3) is 0 Å². The van der Waals surface area contributed by atoms with Crippen LogP contribution in [0.3, 0.4) is 0 Å². The van der Waals surface area contributed by atoms with Crippen molar-refractivity contribution >= 4 is 29.2 Å². The summed E-state index contributed by atoms with van der Waals surface area (Å²) in [6.07, 6.45) is 6.07. The van der Waals surface area contributed by atoms with Crippen molar-refractivity contribution in [2.24, 2.45) is 0 Å². The molecule has 0 atom stereocenters. The van der Waals surface area contributed by atoms with Gasteiger partial charge in [0.2, 0.25) is 0 Å². The number of halogens is 3. The number of anilines is 1. The Bertz CT molecular complexity index is 947. The van der Waals surface area contributed by atoms with Crippen molar-refractivity contribution < 1.29 is 23.1 Å². The van der Waals surface area contributed by atoms with Crippen molar-refractivity contribution in [3.63, 3.8) is 0 Å². The molecule has 1 aliphatic rings. The maximum atomic E-state index is 13.5. The number of nitrogens with zero attached hydrogens (tertiary/aromatic N) is 2. The normalized spacial score (nSPS) is 14.4. The molecule has 10 heteroatoms. The van der Waals surface area contributed by atoms with Gasteiger partial charge in [0, 0.05) is 25.3 Å². The van der Waals surface area contributed by atoms with Crippen molar-refractivity contribution in [1.29, 1.82) is 0 Å². The molecule has 0 unspecified atom stereocenters. The second kappa shape index (κ2) is 11.4. The lowest BCUT2D eigenvalue weighted by molar-refractivity contribution is 0.0486. The number of carbonyl (C=O) groups excluding carboxylic acids is 2. The lowest BCUT2D eigenvalue weighted by Crippen LogP contribution is -2.43. The monoisotopic (exact) mass is 468 g/mol. The number of rotatable bonds is 9. The van der Waals surface area contributed by atoms with E-state index in [2.05, 4.69) is 15.5 Å². The first kappa shape index (κ1) is 24.1. The zero-order chi connectivity index (χ0) is 23.1. The molecule has 2 aromatic rings. The van der Waals surface area contributed by atoms with E-state index in [4.69, 9.17) is 16.3 Å². The molecule has 7 nitrogen and oxygen atoms in total. The van der Waals surface area contributed by atoms with E-state index in [0.29, 0.717) is 19.8 Å². The van der Waals surface area contributed by atoms with Crippen LogP contribution in [-0.4, -0.2) is 52.7 Å². The number of nitrogens with one attached hydrogen (secondary N) is 2. The first-order chi connectivity index (χ1) is 15.4. The summed E-state index contributed by atoms with van der Waals surface area (Å²) in [6, 6.07) is 2.99. The maximum Gasteiger partial charge on any atom is 0.274 e. The Kier molecular flexibility index (Phi) is 8.58. The van der Waals surface area contributed by atoms with E-state index in [9.17, 15) is 18.4 Å². The molecule has 174 valence electrons. The maximum absolute atomic E-state index is 13.5. The molecule has 1 fully saturated rings. The number of aromatic nitrogens is 2. The molecule has 1 aromatic carbocycles. The molecule has 1 saturated carbocycles. The van der Waals surface area contributed by atoms with Gasteiger partial charge in [0.1, 0.15) is 5.82 Å². The minimum Gasteiger partial charge on any atom is -0.380 e. The Morgan fingerprint density at radius 3 is 2.62 bits per heavy atom. The molecule has 0 bridgehead atoms. The van der Waals surface area contributed by atoms with E-state index in [0.717, 1.165) is 50.7 Å². The van der Waals surface area contributed by atoms with Crippen LogP contribution < -0.4 is 5.32 Å². The summed E-state index contributed by atoms with van der Waals surface area (Å²) >= 11 is 5.85. The molecule has 3 rings (SSSR count). The van der Waals surface area contributed by atoms with Crippen molar-refractivity contribution in [3.8, 4) is 0 Å². The lowest BCUT2D eigenvalue weighted by atomic mass is 9.94. The molecule has 2 N–H and O–H groups in total. The van der Waals surface area contributed by atoms with E-state index in [1.165, 1.54) is 6.07 Å². The van der Waals surface area contributed by atoms with Gasteiger partial charge in [-0.05, 0) is 31.4 Å². The SMILES string of the molecule is CCCOCCN(C(=O)c1cc(NC(=O)c2cc(F)c(F)cc2Cl)[nH]n1)C1CCCCC1. The van der Waals surface area contributed by atoms with E-state index >= 15 is 0 Å². The summed E-state index contributed by atoms with van der Waals surface area (Å²) in [5.41, 5.74) is -0.0808. The highest BCUT2D eigenvalue weighted by Gasteiger charge is 2.28. The topological polar surface area (TPSA) is 87.3 Å². The molecule has 32 heavy (non-hydrogen) atoms. The largest absolute Gasteiger partial charge is 0.380 e. The van der Waals surface area contributed by atoms with Crippen LogP contribution in [-0.2, 0) is 4.74 Å². The fourth-order valence-corrected chi connectivity index (χ4v) is 4.02. The van der Waals surface area contributed by atoms with Gasteiger partial charge in [-0.25, -0.2) is 8.78 Å². The molecule has 0 spiro atoms. The molecule has 1 heterocycles. The van der Waals surface area contributed by atoms with Gasteiger partial charge in [0.25, 0.3) is 11.8 Å². The van der Waals surface area contributed by atoms with E-state index < -0.39 is 17.5 Å². The van der Waals surface area contributed by atoms with Crippen LogP contribution in [0, 0.1) is 11.6 Å². The smallest absolute Gasteiger partial charge is 0.274 e. The van der Waals surface area contributed by atoms with Gasteiger partial charge < -0.3 is 15.0 Å². The number of H-pyrrole nitrogens is 1. The molecular weight excluding hydrogens is 442 g/mol. The summed E-state index contributed by atoms with van der Waals surface area (Å²) in [5.74, 6) is -3.20. The number of carbonyl (C=O) groups is 2. The number of benzene rings is 1. The third-order valence-electron chi connectivity index (χ3n) is 5.40. The Morgan fingerprint density at radius 1 is 1.19 bits per heavy atom. The number of hydrogen-bond donors (Lipinski definition) is 2. The highest BCUT2D eigenvalue weighted by molar-refractivity contribution is 6.34. The zero-order valence-electron chi connectivity index (χ0n) is 17.9. The summed E-state index contributed by atoms with van der Waals surface area (Å²) in [4.78, 5) is 27.4. The summed E-state index contributed by atoms with van der Waals surface area (Å²) in [7, 11) is 0. The van der Waals surface area contributed by atoms with Gasteiger partial charge >= 0.3 is 0 Å². The van der Waals surface area contributed by atoms with Crippen LogP contribution in [0.1, 0.15) is 66.3 Å². The van der Waals surface area contributed by atoms with Gasteiger partial charge in [-0.1, -0.05) is 37.8 Å². The predicted octanol–water partition coefficient (Wildman–Crippen LogP) is 4.80. The lowest BCUT2D eigenvalue weighted by Gasteiger charge is -2.34. The Balaban J connectivity index is 1.70. The van der Waals surface area contributed by atoms with Crippen molar-refractivity contribution in [2.75, 3.05) is 25.1 Å². The number of aromatic amines is 1. The summed E-state index contributed by atoms with van der Waals surface area (Å²) in [6.45, 7) is 3.57. The van der Waals surface area contributed by atoms with Gasteiger partial charge in [0.15, 0.2) is 17.3 Å². The van der Waals surface area contributed by atoms with Gasteiger partial charge in [-0.3, -0.25) is 14.7 Å². The number of amides is 2. The third kappa shape index (κ3) is 6.04. The predicted molar refractivity (Wildman–Crippen MR) is 117 cm³/mol. The second-order valence-electron chi connectivity index (χ2n) is 7.77. The van der Waals surface area contributed by atoms with Crippen LogP contribution in [0.2, 0.25) is 5.02 Å². The summed E-state index contributed by atoms with van der Waals surface area (Å²) < 4.78 is 32.3.